The van der Waals surface area contributed by atoms with Gasteiger partial charge in [0.25, 0.3) is 0 Å². The molecule has 0 amide bonds. The molecule has 0 saturated carbocycles. The van der Waals surface area contributed by atoms with Gasteiger partial charge in [0.15, 0.2) is 0 Å². The summed E-state index contributed by atoms with van der Waals surface area (Å²) in [6, 6.07) is 3.09. The van der Waals surface area contributed by atoms with Gasteiger partial charge < -0.3 is 9.84 Å². The Kier molecular flexibility index (Phi) is 4.84. The Labute approximate surface area is 144 Å². The third-order valence-electron chi connectivity index (χ3n) is 3.92. The Morgan fingerprint density at radius 2 is 2.00 bits per heavy atom. The van der Waals surface area contributed by atoms with Crippen LogP contribution in [0.15, 0.2) is 48.1 Å². The van der Waals surface area contributed by atoms with E-state index in [0.29, 0.717) is 5.57 Å². The molecule has 0 saturated heterocycles. The molecule has 0 bridgehead atoms. The van der Waals surface area contributed by atoms with E-state index in [9.17, 15) is 23.1 Å². The van der Waals surface area contributed by atoms with Crippen LogP contribution in [0.5, 0.6) is 5.75 Å². The van der Waals surface area contributed by atoms with Gasteiger partial charge in [0, 0.05) is 11.0 Å². The maximum atomic E-state index is 13.1. The highest BCUT2D eigenvalue weighted by atomic mass is 19.4. The number of allylic oxidation sites excluding steroid dienone is 2. The van der Waals surface area contributed by atoms with E-state index in [0.717, 1.165) is 12.1 Å². The lowest BCUT2D eigenvalue weighted by atomic mass is 9.85. The van der Waals surface area contributed by atoms with Crippen LogP contribution in [0.1, 0.15) is 31.9 Å². The molecule has 0 radical (unpaired) electrons. The van der Waals surface area contributed by atoms with Crippen molar-refractivity contribution in [2.24, 2.45) is 5.41 Å². The fourth-order valence-electron chi connectivity index (χ4n) is 2.62. The van der Waals surface area contributed by atoms with Crippen molar-refractivity contribution in [3.05, 3.63) is 59.2 Å². The van der Waals surface area contributed by atoms with E-state index >= 15 is 0 Å². The molecule has 134 valence electrons. The first-order chi connectivity index (χ1) is 11.5. The number of alkyl halides is 3. The average Bonchev–Trinajstić information content (AvgIpc) is 2.62. The van der Waals surface area contributed by atoms with Crippen LogP contribution >= 0.6 is 0 Å². The summed E-state index contributed by atoms with van der Waals surface area (Å²) in [5.74, 6) is -1.01. The molecule has 3 nitrogen and oxygen atoms in total. The van der Waals surface area contributed by atoms with Crippen molar-refractivity contribution < 1.29 is 27.8 Å². The van der Waals surface area contributed by atoms with Gasteiger partial charge >= 0.3 is 12.1 Å². The molecule has 2 rings (SSSR count). The zero-order valence-corrected chi connectivity index (χ0v) is 14.2. The SMILES string of the molecule is C=CC(C)=C(C(=O)O)C1=CC(C)(C)COc2ccc(C(F)(F)F)cc21. The number of rotatable bonds is 3. The summed E-state index contributed by atoms with van der Waals surface area (Å²) in [6.45, 7) is 9.00. The highest BCUT2D eigenvalue weighted by Crippen LogP contribution is 2.42. The van der Waals surface area contributed by atoms with Crippen LogP contribution in [0.3, 0.4) is 0 Å². The fourth-order valence-corrected chi connectivity index (χ4v) is 2.62. The van der Waals surface area contributed by atoms with Gasteiger partial charge in [-0.15, -0.1) is 0 Å². The highest BCUT2D eigenvalue weighted by molar-refractivity contribution is 6.07. The smallest absolute Gasteiger partial charge is 0.416 e. The molecule has 25 heavy (non-hydrogen) atoms. The number of halogens is 3. The first kappa shape index (κ1) is 18.8. The van der Waals surface area contributed by atoms with Crippen LogP contribution < -0.4 is 4.74 Å². The molecular formula is C19H19F3O3. The summed E-state index contributed by atoms with van der Waals surface area (Å²) in [4.78, 5) is 11.8. The van der Waals surface area contributed by atoms with Crippen LogP contribution in [0, 0.1) is 5.41 Å². The van der Waals surface area contributed by atoms with E-state index in [-0.39, 0.29) is 29.1 Å². The van der Waals surface area contributed by atoms with Gasteiger partial charge in [0.2, 0.25) is 0 Å². The number of carbonyl (C=O) groups is 1. The molecule has 0 spiro atoms. The van der Waals surface area contributed by atoms with Crippen molar-refractivity contribution in [2.45, 2.75) is 26.9 Å². The standard InChI is InChI=1S/C19H19F3O3/c1-5-11(2)16(17(23)24)14-9-18(3,4)10-25-15-7-6-12(8-13(14)15)19(20,21)22/h5-9H,1,10H2,2-4H3,(H,23,24). The largest absolute Gasteiger partial charge is 0.492 e. The third kappa shape index (κ3) is 3.95. The topological polar surface area (TPSA) is 46.5 Å². The molecule has 0 aromatic heterocycles. The lowest BCUT2D eigenvalue weighted by Gasteiger charge is -2.19. The monoisotopic (exact) mass is 352 g/mol. The second-order valence-electron chi connectivity index (χ2n) is 6.61. The van der Waals surface area contributed by atoms with E-state index in [1.54, 1.807) is 13.0 Å². The van der Waals surface area contributed by atoms with Crippen LogP contribution in [0.25, 0.3) is 5.57 Å². The summed E-state index contributed by atoms with van der Waals surface area (Å²) < 4.78 is 45.0. The quantitative estimate of drug-likeness (QED) is 0.608. The average molecular weight is 352 g/mol. The summed E-state index contributed by atoms with van der Waals surface area (Å²) in [5.41, 5.74) is -0.836. The zero-order valence-electron chi connectivity index (χ0n) is 14.2. The molecule has 1 aromatic rings. The first-order valence-corrected chi connectivity index (χ1v) is 7.60. The Morgan fingerprint density at radius 3 is 2.52 bits per heavy atom. The second kappa shape index (κ2) is 6.43. The lowest BCUT2D eigenvalue weighted by Crippen LogP contribution is -2.18. The van der Waals surface area contributed by atoms with Gasteiger partial charge in [-0.25, -0.2) is 4.79 Å². The maximum Gasteiger partial charge on any atom is 0.416 e. The summed E-state index contributed by atoms with van der Waals surface area (Å²) in [5, 5.41) is 9.63. The Morgan fingerprint density at radius 1 is 1.36 bits per heavy atom. The minimum absolute atomic E-state index is 0.0888. The molecule has 1 aromatic carbocycles. The number of carboxylic acids is 1. The lowest BCUT2D eigenvalue weighted by molar-refractivity contribution is -0.137. The van der Waals surface area contributed by atoms with Gasteiger partial charge in [0.1, 0.15) is 5.75 Å². The predicted molar refractivity (Wildman–Crippen MR) is 89.2 cm³/mol. The summed E-state index contributed by atoms with van der Waals surface area (Å²) in [7, 11) is 0. The van der Waals surface area contributed by atoms with E-state index in [1.165, 1.54) is 12.1 Å². The van der Waals surface area contributed by atoms with Crippen molar-refractivity contribution in [3.8, 4) is 5.75 Å². The molecule has 6 heteroatoms. The first-order valence-electron chi connectivity index (χ1n) is 7.60. The highest BCUT2D eigenvalue weighted by Gasteiger charge is 2.34. The number of ether oxygens (including phenoxy) is 1. The van der Waals surface area contributed by atoms with Crippen molar-refractivity contribution in [2.75, 3.05) is 6.61 Å². The number of fused-ring (bicyclic) bond motifs is 1. The molecule has 1 aliphatic heterocycles. The fraction of sp³-hybridized carbons (Fsp3) is 0.316. The number of hydrogen-bond donors (Lipinski definition) is 1. The normalized spacial score (nSPS) is 17.4. The van der Waals surface area contributed by atoms with Crippen molar-refractivity contribution in [3.63, 3.8) is 0 Å². The zero-order chi connectivity index (χ0) is 19.0. The predicted octanol–water partition coefficient (Wildman–Crippen LogP) is 5.09. The number of carboxylic acid groups (broad SMARTS) is 1. The van der Waals surface area contributed by atoms with Crippen LogP contribution in [0.2, 0.25) is 0 Å². The Hall–Kier alpha value is -2.50. The summed E-state index contributed by atoms with van der Waals surface area (Å²) >= 11 is 0. The number of aliphatic carboxylic acids is 1. The molecule has 0 fully saturated rings. The van der Waals surface area contributed by atoms with Crippen molar-refractivity contribution >= 4 is 11.5 Å². The molecule has 0 aliphatic carbocycles. The molecule has 1 aliphatic rings. The molecular weight excluding hydrogens is 333 g/mol. The van der Waals surface area contributed by atoms with Gasteiger partial charge in [-0.1, -0.05) is 32.6 Å². The molecule has 0 atom stereocenters. The Bertz CT molecular complexity index is 784. The number of benzene rings is 1. The molecule has 0 unspecified atom stereocenters. The van der Waals surface area contributed by atoms with Crippen LogP contribution in [0.4, 0.5) is 13.2 Å². The van der Waals surface area contributed by atoms with E-state index in [2.05, 4.69) is 6.58 Å². The Balaban J connectivity index is 2.83. The third-order valence-corrected chi connectivity index (χ3v) is 3.92. The van der Waals surface area contributed by atoms with Gasteiger partial charge in [-0.3, -0.25) is 0 Å². The van der Waals surface area contributed by atoms with Gasteiger partial charge in [-0.2, -0.15) is 13.2 Å². The van der Waals surface area contributed by atoms with E-state index in [4.69, 9.17) is 4.74 Å². The maximum absolute atomic E-state index is 13.1. The van der Waals surface area contributed by atoms with Crippen molar-refractivity contribution in [1.82, 2.24) is 0 Å². The second-order valence-corrected chi connectivity index (χ2v) is 6.61. The van der Waals surface area contributed by atoms with Crippen LogP contribution in [-0.2, 0) is 11.0 Å². The van der Waals surface area contributed by atoms with Gasteiger partial charge in [0.05, 0.1) is 17.7 Å². The summed E-state index contributed by atoms with van der Waals surface area (Å²) in [6.07, 6.45) is -1.52. The minimum atomic E-state index is -4.54. The molecule has 1 heterocycles. The minimum Gasteiger partial charge on any atom is -0.492 e. The molecule has 1 N–H and O–H groups in total. The van der Waals surface area contributed by atoms with E-state index in [1.807, 2.05) is 13.8 Å². The number of hydrogen-bond acceptors (Lipinski definition) is 2. The van der Waals surface area contributed by atoms with E-state index < -0.39 is 23.1 Å². The van der Waals surface area contributed by atoms with Crippen LogP contribution in [-0.4, -0.2) is 17.7 Å². The van der Waals surface area contributed by atoms with Crippen molar-refractivity contribution in [1.29, 1.82) is 0 Å². The van der Waals surface area contributed by atoms with Gasteiger partial charge in [-0.05, 0) is 36.3 Å².